The molecule has 1 aromatic heterocycles. The molecule has 0 spiro atoms. The topological polar surface area (TPSA) is 78.0 Å². The maximum absolute atomic E-state index is 12.9. The molecule has 24 heavy (non-hydrogen) atoms. The average Bonchev–Trinajstić information content (AvgIpc) is 2.99. The van der Waals surface area contributed by atoms with Crippen molar-refractivity contribution in [2.75, 3.05) is 0 Å². The number of fused-ring (bicyclic) bond motifs is 1. The van der Waals surface area contributed by atoms with E-state index in [2.05, 4.69) is 15.5 Å². The lowest BCUT2D eigenvalue weighted by Gasteiger charge is -2.18. The van der Waals surface area contributed by atoms with Crippen molar-refractivity contribution in [2.24, 2.45) is 0 Å². The quantitative estimate of drug-likeness (QED) is 0.674. The van der Waals surface area contributed by atoms with Gasteiger partial charge in [-0.05, 0) is 37.1 Å². The van der Waals surface area contributed by atoms with Crippen LogP contribution in [0.3, 0.4) is 0 Å². The van der Waals surface area contributed by atoms with E-state index in [1.54, 1.807) is 6.92 Å². The number of carbonyl (C=O) groups is 1. The Balaban J connectivity index is 1.65. The fourth-order valence-corrected chi connectivity index (χ4v) is 2.64. The number of halogens is 1. The van der Waals surface area contributed by atoms with Crippen molar-refractivity contribution in [3.8, 4) is 0 Å². The first-order valence-electron chi connectivity index (χ1n) is 7.72. The van der Waals surface area contributed by atoms with Gasteiger partial charge in [0.25, 0.3) is 5.91 Å². The van der Waals surface area contributed by atoms with Crippen molar-refractivity contribution < 1.29 is 14.3 Å². The van der Waals surface area contributed by atoms with Gasteiger partial charge in [0, 0.05) is 11.4 Å². The number of carbonyl (C=O) groups excluding carboxylic acids is 1. The number of nitrogens with one attached hydrogen (secondary N) is 2. The Morgan fingerprint density at radius 2 is 1.96 bits per heavy atom. The number of aliphatic hydroxyl groups excluding tert-OH is 1. The van der Waals surface area contributed by atoms with Gasteiger partial charge in [0.15, 0.2) is 5.69 Å². The van der Waals surface area contributed by atoms with Crippen LogP contribution in [0.4, 0.5) is 4.39 Å². The van der Waals surface area contributed by atoms with Crippen molar-refractivity contribution >= 4 is 16.8 Å². The molecule has 3 rings (SSSR count). The minimum atomic E-state index is -0.781. The highest BCUT2D eigenvalue weighted by Gasteiger charge is 2.18. The van der Waals surface area contributed by atoms with E-state index < -0.39 is 6.10 Å². The number of amides is 1. The molecule has 1 heterocycles. The number of nitrogens with zero attached hydrogens (tertiary/aromatic N) is 1. The summed E-state index contributed by atoms with van der Waals surface area (Å²) in [5.74, 6) is -0.649. The van der Waals surface area contributed by atoms with Gasteiger partial charge in [0.1, 0.15) is 5.82 Å². The maximum atomic E-state index is 12.9. The fourth-order valence-electron chi connectivity index (χ4n) is 2.64. The zero-order valence-corrected chi connectivity index (χ0v) is 13.2. The van der Waals surface area contributed by atoms with Crippen LogP contribution in [0.1, 0.15) is 35.5 Å². The van der Waals surface area contributed by atoms with E-state index in [9.17, 15) is 14.3 Å². The van der Waals surface area contributed by atoms with E-state index in [0.717, 1.165) is 10.9 Å². The molecule has 3 aromatic rings. The summed E-state index contributed by atoms with van der Waals surface area (Å²) in [5, 5.41) is 20.7. The van der Waals surface area contributed by atoms with Gasteiger partial charge in [-0.15, -0.1) is 0 Å². The molecular formula is C18H18FN3O2. The molecular weight excluding hydrogens is 309 g/mol. The van der Waals surface area contributed by atoms with Gasteiger partial charge in [-0.2, -0.15) is 5.10 Å². The van der Waals surface area contributed by atoms with Crippen LogP contribution in [0.2, 0.25) is 0 Å². The van der Waals surface area contributed by atoms with Crippen LogP contribution < -0.4 is 5.32 Å². The number of hydrogen-bond acceptors (Lipinski definition) is 3. The molecule has 6 heteroatoms. The van der Waals surface area contributed by atoms with Crippen molar-refractivity contribution in [1.82, 2.24) is 15.5 Å². The summed E-state index contributed by atoms with van der Waals surface area (Å²) in [4.78, 5) is 12.4. The molecule has 2 unspecified atom stereocenters. The number of aromatic nitrogens is 2. The summed E-state index contributed by atoms with van der Waals surface area (Å²) in [6, 6.07) is 12.8. The van der Waals surface area contributed by atoms with Gasteiger partial charge in [-0.3, -0.25) is 9.89 Å². The smallest absolute Gasteiger partial charge is 0.272 e. The third-order valence-corrected chi connectivity index (χ3v) is 3.89. The number of para-hydroxylation sites is 1. The average molecular weight is 327 g/mol. The Bertz CT molecular complexity index is 845. The second kappa shape index (κ2) is 6.80. The molecule has 0 bridgehead atoms. The van der Waals surface area contributed by atoms with E-state index in [1.165, 1.54) is 24.3 Å². The highest BCUT2D eigenvalue weighted by molar-refractivity contribution is 6.04. The summed E-state index contributed by atoms with van der Waals surface area (Å²) in [7, 11) is 0. The predicted molar refractivity (Wildman–Crippen MR) is 89.0 cm³/mol. The first kappa shape index (κ1) is 16.1. The Hall–Kier alpha value is -2.73. The van der Waals surface area contributed by atoms with Crippen molar-refractivity contribution in [3.05, 3.63) is 65.6 Å². The van der Waals surface area contributed by atoms with Gasteiger partial charge in [-0.1, -0.05) is 30.3 Å². The molecule has 0 aliphatic rings. The standard InChI is InChI=1S/C18H18FN3O2/c1-11(10-16(23)12-6-8-13(19)9-7-12)20-18(24)17-14-4-2-3-5-15(14)21-22-17/h2-9,11,16,23H,10H2,1H3,(H,20,24)(H,21,22). The molecule has 2 aromatic carbocycles. The predicted octanol–water partition coefficient (Wildman–Crippen LogP) is 2.94. The Labute approximate surface area is 138 Å². The first-order valence-corrected chi connectivity index (χ1v) is 7.72. The molecule has 0 fully saturated rings. The summed E-state index contributed by atoms with van der Waals surface area (Å²) in [6.45, 7) is 1.81. The van der Waals surface area contributed by atoms with E-state index >= 15 is 0 Å². The van der Waals surface area contributed by atoms with Crippen LogP contribution in [0.5, 0.6) is 0 Å². The first-order chi connectivity index (χ1) is 11.5. The second-order valence-electron chi connectivity index (χ2n) is 5.80. The summed E-state index contributed by atoms with van der Waals surface area (Å²) < 4.78 is 12.9. The molecule has 2 atom stereocenters. The third kappa shape index (κ3) is 3.44. The van der Waals surface area contributed by atoms with Gasteiger partial charge in [0.05, 0.1) is 11.6 Å². The summed E-state index contributed by atoms with van der Waals surface area (Å²) in [5.41, 5.74) is 1.73. The zero-order chi connectivity index (χ0) is 17.1. The normalized spacial score (nSPS) is 13.6. The van der Waals surface area contributed by atoms with Crippen LogP contribution in [0, 0.1) is 5.82 Å². The molecule has 0 saturated carbocycles. The number of aliphatic hydroxyl groups is 1. The largest absolute Gasteiger partial charge is 0.388 e. The number of rotatable bonds is 5. The molecule has 0 aliphatic carbocycles. The van der Waals surface area contributed by atoms with Gasteiger partial charge >= 0.3 is 0 Å². The van der Waals surface area contributed by atoms with E-state index in [1.807, 2.05) is 24.3 Å². The Kier molecular flexibility index (Phi) is 4.57. The second-order valence-corrected chi connectivity index (χ2v) is 5.80. The van der Waals surface area contributed by atoms with Crippen molar-refractivity contribution in [3.63, 3.8) is 0 Å². The molecule has 3 N–H and O–H groups in total. The minimum Gasteiger partial charge on any atom is -0.388 e. The molecule has 0 aliphatic heterocycles. The van der Waals surface area contributed by atoms with Crippen LogP contribution in [0.15, 0.2) is 48.5 Å². The number of aromatic amines is 1. The third-order valence-electron chi connectivity index (χ3n) is 3.89. The molecule has 0 radical (unpaired) electrons. The SMILES string of the molecule is CC(CC(O)c1ccc(F)cc1)NC(=O)c1n[nH]c2ccccc12. The maximum Gasteiger partial charge on any atom is 0.272 e. The number of benzene rings is 2. The van der Waals surface area contributed by atoms with Gasteiger partial charge in [-0.25, -0.2) is 4.39 Å². The van der Waals surface area contributed by atoms with Crippen LogP contribution >= 0.6 is 0 Å². The lowest BCUT2D eigenvalue weighted by Crippen LogP contribution is -2.34. The molecule has 1 amide bonds. The Morgan fingerprint density at radius 1 is 1.25 bits per heavy atom. The fraction of sp³-hybridized carbons (Fsp3) is 0.222. The molecule has 124 valence electrons. The van der Waals surface area contributed by atoms with E-state index in [0.29, 0.717) is 17.7 Å². The van der Waals surface area contributed by atoms with Crippen molar-refractivity contribution in [2.45, 2.75) is 25.5 Å². The van der Waals surface area contributed by atoms with Crippen LogP contribution in [-0.2, 0) is 0 Å². The number of hydrogen-bond donors (Lipinski definition) is 3. The summed E-state index contributed by atoms with van der Waals surface area (Å²) in [6.07, 6.45) is -0.462. The summed E-state index contributed by atoms with van der Waals surface area (Å²) >= 11 is 0. The highest BCUT2D eigenvalue weighted by Crippen LogP contribution is 2.19. The Morgan fingerprint density at radius 3 is 2.71 bits per heavy atom. The van der Waals surface area contributed by atoms with E-state index in [4.69, 9.17) is 0 Å². The van der Waals surface area contributed by atoms with E-state index in [-0.39, 0.29) is 17.8 Å². The molecule has 5 nitrogen and oxygen atoms in total. The highest BCUT2D eigenvalue weighted by atomic mass is 19.1. The monoisotopic (exact) mass is 327 g/mol. The zero-order valence-electron chi connectivity index (χ0n) is 13.2. The molecule has 0 saturated heterocycles. The van der Waals surface area contributed by atoms with Crippen molar-refractivity contribution in [1.29, 1.82) is 0 Å². The van der Waals surface area contributed by atoms with Crippen LogP contribution in [-0.4, -0.2) is 27.3 Å². The lowest BCUT2D eigenvalue weighted by molar-refractivity contribution is 0.0913. The number of H-pyrrole nitrogens is 1. The van der Waals surface area contributed by atoms with Crippen LogP contribution in [0.25, 0.3) is 10.9 Å². The minimum absolute atomic E-state index is 0.270. The van der Waals surface area contributed by atoms with Gasteiger partial charge < -0.3 is 10.4 Å². The van der Waals surface area contributed by atoms with Gasteiger partial charge in [0.2, 0.25) is 0 Å². The lowest BCUT2D eigenvalue weighted by atomic mass is 10.0.